The molecule has 21 heavy (non-hydrogen) atoms. The van der Waals surface area contributed by atoms with Crippen molar-refractivity contribution < 1.29 is 5.11 Å². The minimum atomic E-state index is 0.322. The number of rotatable bonds is 8. The average Bonchev–Trinajstić information content (AvgIpc) is 2.95. The molecule has 2 atom stereocenters. The SMILES string of the molecule is CNC(CCN1CCCC1CCCO)c1ccc(Br)cc1. The minimum Gasteiger partial charge on any atom is -0.396 e. The third-order valence-corrected chi connectivity index (χ3v) is 5.05. The molecule has 1 aromatic rings. The van der Waals surface area contributed by atoms with Crippen molar-refractivity contribution in [3.8, 4) is 0 Å². The number of hydrogen-bond donors (Lipinski definition) is 2. The highest BCUT2D eigenvalue weighted by atomic mass is 79.9. The maximum absolute atomic E-state index is 9.01. The van der Waals surface area contributed by atoms with Crippen LogP contribution in [0.25, 0.3) is 0 Å². The highest BCUT2D eigenvalue weighted by Gasteiger charge is 2.24. The van der Waals surface area contributed by atoms with Gasteiger partial charge in [-0.25, -0.2) is 0 Å². The van der Waals surface area contributed by atoms with Crippen LogP contribution in [0.4, 0.5) is 0 Å². The van der Waals surface area contributed by atoms with Gasteiger partial charge in [-0.15, -0.1) is 0 Å². The fourth-order valence-electron chi connectivity index (χ4n) is 3.31. The van der Waals surface area contributed by atoms with E-state index >= 15 is 0 Å². The Morgan fingerprint density at radius 3 is 2.81 bits per heavy atom. The second-order valence-corrected chi connectivity index (χ2v) is 6.80. The van der Waals surface area contributed by atoms with Crippen LogP contribution in [-0.4, -0.2) is 42.8 Å². The summed E-state index contributed by atoms with van der Waals surface area (Å²) in [6, 6.07) is 9.70. The minimum absolute atomic E-state index is 0.322. The summed E-state index contributed by atoms with van der Waals surface area (Å²) in [5, 5.41) is 12.4. The van der Waals surface area contributed by atoms with E-state index in [2.05, 4.69) is 50.4 Å². The van der Waals surface area contributed by atoms with Gasteiger partial charge < -0.3 is 15.3 Å². The highest BCUT2D eigenvalue weighted by Crippen LogP contribution is 2.24. The molecule has 1 heterocycles. The van der Waals surface area contributed by atoms with E-state index in [0.29, 0.717) is 18.7 Å². The predicted molar refractivity (Wildman–Crippen MR) is 91.5 cm³/mol. The highest BCUT2D eigenvalue weighted by molar-refractivity contribution is 9.10. The lowest BCUT2D eigenvalue weighted by molar-refractivity contribution is 0.208. The summed E-state index contributed by atoms with van der Waals surface area (Å²) in [4.78, 5) is 2.61. The van der Waals surface area contributed by atoms with E-state index in [1.54, 1.807) is 0 Å². The zero-order valence-corrected chi connectivity index (χ0v) is 14.5. The molecule has 4 heteroatoms. The molecule has 2 rings (SSSR count). The number of aliphatic hydroxyl groups excluding tert-OH is 1. The van der Waals surface area contributed by atoms with Crippen molar-refractivity contribution in [3.63, 3.8) is 0 Å². The Kier molecular flexibility index (Phi) is 7.17. The molecular weight excluding hydrogens is 328 g/mol. The third kappa shape index (κ3) is 5.06. The molecule has 1 fully saturated rings. The molecule has 118 valence electrons. The van der Waals surface area contributed by atoms with Crippen molar-refractivity contribution >= 4 is 15.9 Å². The zero-order valence-electron chi connectivity index (χ0n) is 12.9. The lowest BCUT2D eigenvalue weighted by atomic mass is 10.0. The molecule has 0 bridgehead atoms. The Labute approximate surface area is 136 Å². The Morgan fingerprint density at radius 2 is 2.14 bits per heavy atom. The van der Waals surface area contributed by atoms with Gasteiger partial charge >= 0.3 is 0 Å². The lowest BCUT2D eigenvalue weighted by Crippen LogP contribution is -2.32. The van der Waals surface area contributed by atoms with E-state index in [9.17, 15) is 0 Å². The Morgan fingerprint density at radius 1 is 1.38 bits per heavy atom. The van der Waals surface area contributed by atoms with E-state index in [-0.39, 0.29) is 0 Å². The number of nitrogens with one attached hydrogen (secondary N) is 1. The molecule has 1 aliphatic rings. The molecule has 2 N–H and O–H groups in total. The van der Waals surface area contributed by atoms with Gasteiger partial charge in [0.05, 0.1) is 0 Å². The number of aliphatic hydroxyl groups is 1. The van der Waals surface area contributed by atoms with Crippen molar-refractivity contribution in [1.82, 2.24) is 10.2 Å². The standard InChI is InChI=1S/C17H27BrN2O/c1-19-17(14-6-8-15(18)9-7-14)10-12-20-11-2-4-16(20)5-3-13-21/h6-9,16-17,19,21H,2-5,10-13H2,1H3. The Bertz CT molecular complexity index is 410. The zero-order chi connectivity index (χ0) is 15.1. The van der Waals surface area contributed by atoms with Gasteiger partial charge in [0.1, 0.15) is 0 Å². The van der Waals surface area contributed by atoms with Crippen molar-refractivity contribution in [2.75, 3.05) is 26.7 Å². The molecular formula is C17H27BrN2O. The van der Waals surface area contributed by atoms with Crippen molar-refractivity contribution in [1.29, 1.82) is 0 Å². The first-order valence-corrected chi connectivity index (χ1v) is 8.81. The molecule has 0 aromatic heterocycles. The van der Waals surface area contributed by atoms with Crippen LogP contribution in [0.5, 0.6) is 0 Å². The van der Waals surface area contributed by atoms with Crippen LogP contribution < -0.4 is 5.32 Å². The molecule has 0 radical (unpaired) electrons. The number of nitrogens with zero attached hydrogens (tertiary/aromatic N) is 1. The maximum Gasteiger partial charge on any atom is 0.0431 e. The first-order chi connectivity index (χ1) is 10.2. The van der Waals surface area contributed by atoms with Crippen LogP contribution in [0.2, 0.25) is 0 Å². The lowest BCUT2D eigenvalue weighted by Gasteiger charge is -2.26. The second kappa shape index (κ2) is 8.89. The van der Waals surface area contributed by atoms with Crippen LogP contribution in [0, 0.1) is 0 Å². The van der Waals surface area contributed by atoms with Gasteiger partial charge in [-0.2, -0.15) is 0 Å². The Hall–Kier alpha value is -0.420. The number of hydrogen-bond acceptors (Lipinski definition) is 3. The molecule has 1 aromatic carbocycles. The summed E-state index contributed by atoms with van der Waals surface area (Å²) < 4.78 is 1.13. The van der Waals surface area contributed by atoms with E-state index in [0.717, 1.165) is 30.3 Å². The molecule has 2 unspecified atom stereocenters. The number of halogens is 1. The van der Waals surface area contributed by atoms with Gasteiger partial charge in [-0.1, -0.05) is 28.1 Å². The fourth-order valence-corrected chi connectivity index (χ4v) is 3.58. The first-order valence-electron chi connectivity index (χ1n) is 8.02. The van der Waals surface area contributed by atoms with Gasteiger partial charge in [0.15, 0.2) is 0 Å². The molecule has 1 saturated heterocycles. The molecule has 1 aliphatic heterocycles. The van der Waals surface area contributed by atoms with E-state index < -0.39 is 0 Å². The Balaban J connectivity index is 1.86. The van der Waals surface area contributed by atoms with Crippen molar-refractivity contribution in [2.45, 2.75) is 44.2 Å². The monoisotopic (exact) mass is 354 g/mol. The van der Waals surface area contributed by atoms with Crippen LogP contribution in [0.15, 0.2) is 28.7 Å². The summed E-state index contributed by atoms with van der Waals surface area (Å²) in [6.07, 6.45) is 5.80. The van der Waals surface area contributed by atoms with Gasteiger partial charge in [-0.05, 0) is 63.4 Å². The quantitative estimate of drug-likeness (QED) is 0.751. The van der Waals surface area contributed by atoms with Crippen LogP contribution in [0.1, 0.15) is 43.7 Å². The maximum atomic E-state index is 9.01. The van der Waals surface area contributed by atoms with Crippen LogP contribution in [0.3, 0.4) is 0 Å². The van der Waals surface area contributed by atoms with Gasteiger partial charge in [0, 0.05) is 29.7 Å². The topological polar surface area (TPSA) is 35.5 Å². The summed E-state index contributed by atoms with van der Waals surface area (Å²) in [5.74, 6) is 0. The first kappa shape index (κ1) is 16.9. The summed E-state index contributed by atoms with van der Waals surface area (Å²) >= 11 is 3.49. The smallest absolute Gasteiger partial charge is 0.0431 e. The molecule has 0 aliphatic carbocycles. The largest absolute Gasteiger partial charge is 0.396 e. The van der Waals surface area contributed by atoms with Gasteiger partial charge in [0.2, 0.25) is 0 Å². The number of likely N-dealkylation sites (tertiary alicyclic amines) is 1. The summed E-state index contributed by atoms with van der Waals surface area (Å²) in [6.45, 7) is 2.67. The van der Waals surface area contributed by atoms with E-state index in [1.165, 1.54) is 24.9 Å². The second-order valence-electron chi connectivity index (χ2n) is 5.88. The molecule has 0 amide bonds. The molecule has 3 nitrogen and oxygen atoms in total. The molecule has 0 saturated carbocycles. The third-order valence-electron chi connectivity index (χ3n) is 4.52. The predicted octanol–water partition coefficient (Wildman–Crippen LogP) is 3.34. The van der Waals surface area contributed by atoms with E-state index in [1.807, 2.05) is 7.05 Å². The summed E-state index contributed by atoms with van der Waals surface area (Å²) in [7, 11) is 2.04. The van der Waals surface area contributed by atoms with Crippen molar-refractivity contribution in [2.24, 2.45) is 0 Å². The van der Waals surface area contributed by atoms with E-state index in [4.69, 9.17) is 5.11 Å². The number of benzene rings is 1. The molecule has 0 spiro atoms. The van der Waals surface area contributed by atoms with Gasteiger partial charge in [-0.3, -0.25) is 0 Å². The average molecular weight is 355 g/mol. The van der Waals surface area contributed by atoms with Crippen LogP contribution >= 0.6 is 15.9 Å². The van der Waals surface area contributed by atoms with Gasteiger partial charge in [0.25, 0.3) is 0 Å². The normalized spacial score (nSPS) is 20.8. The van der Waals surface area contributed by atoms with Crippen LogP contribution in [-0.2, 0) is 0 Å². The summed E-state index contributed by atoms with van der Waals surface area (Å²) in [5.41, 5.74) is 1.35. The van der Waals surface area contributed by atoms with Crippen molar-refractivity contribution in [3.05, 3.63) is 34.3 Å². The fraction of sp³-hybridized carbons (Fsp3) is 0.647.